The average molecular weight is 495 g/mol. The standard InChI is InChI=1S/C24H38N2O7Si/c1-9-10-32-23(29)25-19-13-21(31-6)20(30-5)12-18(19)22(28)26-14-17(27)11-16(26)15-33-34(7,8)24(2,3)4/h9,12-13,16-17,27H,1,10-11,14-15H2,2-8H3,(H,25,29)/t16-,17-/m1/s1. The fourth-order valence-electron chi connectivity index (χ4n) is 3.41. The molecule has 190 valence electrons. The number of aliphatic hydroxyl groups excluding tert-OH is 1. The van der Waals surface area contributed by atoms with Crippen LogP contribution in [0.1, 0.15) is 37.6 Å². The normalized spacial score (nSPS) is 18.4. The molecule has 34 heavy (non-hydrogen) atoms. The summed E-state index contributed by atoms with van der Waals surface area (Å²) in [5.41, 5.74) is 0.404. The van der Waals surface area contributed by atoms with E-state index >= 15 is 0 Å². The molecule has 2 amide bonds. The smallest absolute Gasteiger partial charge is 0.411 e. The second-order valence-corrected chi connectivity index (χ2v) is 14.6. The van der Waals surface area contributed by atoms with E-state index in [4.69, 9.17) is 18.6 Å². The minimum absolute atomic E-state index is 0.0191. The van der Waals surface area contributed by atoms with Crippen molar-refractivity contribution in [3.05, 3.63) is 30.4 Å². The summed E-state index contributed by atoms with van der Waals surface area (Å²) in [5, 5.41) is 13.0. The molecule has 0 aliphatic carbocycles. The van der Waals surface area contributed by atoms with E-state index < -0.39 is 20.5 Å². The van der Waals surface area contributed by atoms with E-state index in [1.807, 2.05) is 0 Å². The molecule has 10 heteroatoms. The maximum Gasteiger partial charge on any atom is 0.411 e. The van der Waals surface area contributed by atoms with Crippen LogP contribution in [0.3, 0.4) is 0 Å². The van der Waals surface area contributed by atoms with Crippen LogP contribution in [0.5, 0.6) is 11.5 Å². The molecule has 1 heterocycles. The molecule has 1 aliphatic rings. The highest BCUT2D eigenvalue weighted by atomic mass is 28.4. The number of hydrogen-bond acceptors (Lipinski definition) is 7. The van der Waals surface area contributed by atoms with Gasteiger partial charge in [-0.1, -0.05) is 33.4 Å². The van der Waals surface area contributed by atoms with Crippen molar-refractivity contribution in [1.29, 1.82) is 0 Å². The minimum Gasteiger partial charge on any atom is -0.493 e. The van der Waals surface area contributed by atoms with Gasteiger partial charge in [0.15, 0.2) is 19.8 Å². The van der Waals surface area contributed by atoms with Gasteiger partial charge < -0.3 is 28.6 Å². The zero-order chi connectivity index (χ0) is 25.7. The van der Waals surface area contributed by atoms with E-state index in [-0.39, 0.29) is 41.4 Å². The van der Waals surface area contributed by atoms with Gasteiger partial charge in [0, 0.05) is 12.6 Å². The first-order chi connectivity index (χ1) is 15.8. The number of hydrogen-bond donors (Lipinski definition) is 2. The van der Waals surface area contributed by atoms with Crippen LogP contribution in [0.25, 0.3) is 0 Å². The van der Waals surface area contributed by atoms with Crippen LogP contribution >= 0.6 is 0 Å². The van der Waals surface area contributed by atoms with Crippen molar-refractivity contribution in [3.8, 4) is 11.5 Å². The molecule has 2 N–H and O–H groups in total. The maximum atomic E-state index is 13.7. The highest BCUT2D eigenvalue weighted by Gasteiger charge is 2.41. The summed E-state index contributed by atoms with van der Waals surface area (Å²) in [6.45, 7) is 14.8. The van der Waals surface area contributed by atoms with Gasteiger partial charge in [-0.05, 0) is 30.6 Å². The quantitative estimate of drug-likeness (QED) is 0.394. The highest BCUT2D eigenvalue weighted by molar-refractivity contribution is 6.74. The van der Waals surface area contributed by atoms with Crippen LogP contribution in [0.2, 0.25) is 18.1 Å². The van der Waals surface area contributed by atoms with Crippen LogP contribution < -0.4 is 14.8 Å². The first-order valence-corrected chi connectivity index (χ1v) is 14.2. The highest BCUT2D eigenvalue weighted by Crippen LogP contribution is 2.38. The summed E-state index contributed by atoms with van der Waals surface area (Å²) in [5.74, 6) is 0.322. The van der Waals surface area contributed by atoms with Gasteiger partial charge in [0.05, 0.1) is 44.2 Å². The van der Waals surface area contributed by atoms with Crippen molar-refractivity contribution in [2.45, 2.75) is 57.5 Å². The third-order valence-corrected chi connectivity index (χ3v) is 10.9. The van der Waals surface area contributed by atoms with Crippen LogP contribution in [0.15, 0.2) is 24.8 Å². The molecule has 0 unspecified atom stereocenters. The number of methoxy groups -OCH3 is 2. The number of nitrogens with zero attached hydrogens (tertiary/aromatic N) is 1. The summed E-state index contributed by atoms with van der Waals surface area (Å²) in [6, 6.07) is 2.72. The number of anilines is 1. The summed E-state index contributed by atoms with van der Waals surface area (Å²) in [7, 11) is 0.879. The zero-order valence-corrected chi connectivity index (χ0v) is 22.3. The lowest BCUT2D eigenvalue weighted by Gasteiger charge is -2.38. The van der Waals surface area contributed by atoms with Crippen molar-refractivity contribution in [3.63, 3.8) is 0 Å². The number of carbonyl (C=O) groups is 2. The van der Waals surface area contributed by atoms with Crippen molar-refractivity contribution < 1.29 is 33.3 Å². The molecule has 0 aromatic heterocycles. The topological polar surface area (TPSA) is 107 Å². The number of nitrogens with one attached hydrogen (secondary N) is 1. The molecule has 1 fully saturated rings. The van der Waals surface area contributed by atoms with Crippen molar-refractivity contribution in [2.75, 3.05) is 39.3 Å². The van der Waals surface area contributed by atoms with Gasteiger partial charge in [-0.15, -0.1) is 0 Å². The number of likely N-dealkylation sites (tertiary alicyclic amines) is 1. The number of ether oxygens (including phenoxy) is 3. The monoisotopic (exact) mass is 494 g/mol. The van der Waals surface area contributed by atoms with Gasteiger partial charge in [0.25, 0.3) is 5.91 Å². The Hall–Kier alpha value is -2.56. The Kier molecular flexibility index (Phi) is 9.15. The summed E-state index contributed by atoms with van der Waals surface area (Å²) in [4.78, 5) is 27.5. The number of carbonyl (C=O) groups excluding carboxylic acids is 2. The fraction of sp³-hybridized carbons (Fsp3) is 0.583. The Morgan fingerprint density at radius 1 is 1.24 bits per heavy atom. The summed E-state index contributed by atoms with van der Waals surface area (Å²) < 4.78 is 22.1. The Labute approximate surface area is 203 Å². The van der Waals surface area contributed by atoms with Crippen LogP contribution in [-0.2, 0) is 9.16 Å². The first-order valence-electron chi connectivity index (χ1n) is 11.3. The van der Waals surface area contributed by atoms with Gasteiger partial charge in [-0.3, -0.25) is 10.1 Å². The molecule has 9 nitrogen and oxygen atoms in total. The fourth-order valence-corrected chi connectivity index (χ4v) is 4.46. The molecule has 0 bridgehead atoms. The largest absolute Gasteiger partial charge is 0.493 e. The van der Waals surface area contributed by atoms with Gasteiger partial charge >= 0.3 is 6.09 Å². The van der Waals surface area contributed by atoms with E-state index in [9.17, 15) is 14.7 Å². The third kappa shape index (κ3) is 6.52. The molecule has 1 aromatic rings. The van der Waals surface area contributed by atoms with Gasteiger partial charge in [0.1, 0.15) is 6.61 Å². The second kappa shape index (κ2) is 11.2. The summed E-state index contributed by atoms with van der Waals surface area (Å²) >= 11 is 0. The SMILES string of the molecule is C=CCOC(=O)Nc1cc(OC)c(OC)cc1C(=O)N1C[C@H](O)C[C@@H]1CO[Si](C)(C)C(C)(C)C. The molecule has 0 radical (unpaired) electrons. The molecular weight excluding hydrogens is 456 g/mol. The number of amides is 2. The van der Waals surface area contributed by atoms with Gasteiger partial charge in [-0.2, -0.15) is 0 Å². The first kappa shape index (κ1) is 27.7. The zero-order valence-electron chi connectivity index (χ0n) is 21.3. The molecule has 1 aromatic carbocycles. The molecule has 1 saturated heterocycles. The lowest BCUT2D eigenvalue weighted by atomic mass is 10.1. The lowest BCUT2D eigenvalue weighted by molar-refractivity contribution is 0.0671. The Balaban J connectivity index is 2.36. The maximum absolute atomic E-state index is 13.7. The molecular formula is C24H38N2O7Si. The van der Waals surface area contributed by atoms with Crippen LogP contribution in [0.4, 0.5) is 10.5 Å². The average Bonchev–Trinajstić information content (AvgIpc) is 3.15. The van der Waals surface area contributed by atoms with E-state index in [0.29, 0.717) is 24.5 Å². The van der Waals surface area contributed by atoms with Crippen LogP contribution in [-0.4, -0.2) is 76.4 Å². The predicted octanol–water partition coefficient (Wildman–Crippen LogP) is 4.04. The van der Waals surface area contributed by atoms with Crippen molar-refractivity contribution in [1.82, 2.24) is 4.90 Å². The van der Waals surface area contributed by atoms with E-state index in [1.165, 1.54) is 32.4 Å². The van der Waals surface area contributed by atoms with Crippen molar-refractivity contribution in [2.24, 2.45) is 0 Å². The summed E-state index contributed by atoms with van der Waals surface area (Å²) in [6.07, 6.45) is 0.461. The molecule has 2 atom stereocenters. The van der Waals surface area contributed by atoms with Gasteiger partial charge in [0.2, 0.25) is 0 Å². The molecule has 2 rings (SSSR count). The number of β-amino-alcohol motifs (C(OH)–C–C–N with tert-alkyl or cyclic N) is 1. The Morgan fingerprint density at radius 2 is 1.85 bits per heavy atom. The molecule has 0 saturated carbocycles. The number of benzene rings is 1. The lowest BCUT2D eigenvalue weighted by Crippen LogP contribution is -2.46. The number of rotatable bonds is 9. The molecule has 1 aliphatic heterocycles. The number of aliphatic hydroxyl groups is 1. The van der Waals surface area contributed by atoms with Gasteiger partial charge in [-0.25, -0.2) is 4.79 Å². The van der Waals surface area contributed by atoms with E-state index in [1.54, 1.807) is 4.90 Å². The van der Waals surface area contributed by atoms with E-state index in [0.717, 1.165) is 0 Å². The van der Waals surface area contributed by atoms with Crippen LogP contribution in [0, 0.1) is 0 Å². The van der Waals surface area contributed by atoms with Crippen molar-refractivity contribution >= 4 is 26.0 Å². The predicted molar refractivity (Wildman–Crippen MR) is 133 cm³/mol. The minimum atomic E-state index is -2.05. The molecule has 0 spiro atoms. The Bertz CT molecular complexity index is 898. The Morgan fingerprint density at radius 3 is 2.41 bits per heavy atom. The second-order valence-electron chi connectivity index (χ2n) is 9.84. The third-order valence-electron chi connectivity index (χ3n) is 6.42. The van der Waals surface area contributed by atoms with E-state index in [2.05, 4.69) is 45.8 Å².